The highest BCUT2D eigenvalue weighted by Gasteiger charge is 2.44. The van der Waals surface area contributed by atoms with Crippen molar-refractivity contribution in [2.45, 2.75) is 43.7 Å². The fourth-order valence-electron chi connectivity index (χ4n) is 6.77. The Kier molecular flexibility index (Phi) is 7.71. The third-order valence-electron chi connectivity index (χ3n) is 9.39. The molecular weight excluding hydrogens is 600 g/mol. The monoisotopic (exact) mass is 636 g/mol. The van der Waals surface area contributed by atoms with Gasteiger partial charge < -0.3 is 29.4 Å². The minimum atomic E-state index is -0.699. The molecule has 7 rings (SSSR count). The summed E-state index contributed by atoms with van der Waals surface area (Å²) in [5.74, 6) is -0.185. The zero-order valence-electron chi connectivity index (χ0n) is 26.3. The molecular formula is C36H36N4O7. The first kappa shape index (κ1) is 30.5. The summed E-state index contributed by atoms with van der Waals surface area (Å²) in [6.45, 7) is 1.03. The fourth-order valence-corrected chi connectivity index (χ4v) is 6.77. The summed E-state index contributed by atoms with van der Waals surface area (Å²) in [4.78, 5) is 53.6. The zero-order chi connectivity index (χ0) is 32.9. The Morgan fingerprint density at radius 1 is 1.02 bits per heavy atom. The molecule has 2 fully saturated rings. The lowest BCUT2D eigenvalue weighted by Crippen LogP contribution is -2.52. The molecule has 0 atom stereocenters. The van der Waals surface area contributed by atoms with Gasteiger partial charge >= 0.3 is 5.97 Å². The molecule has 4 aromatic rings. The van der Waals surface area contributed by atoms with Crippen molar-refractivity contribution < 1.29 is 33.4 Å². The van der Waals surface area contributed by atoms with Gasteiger partial charge in [-0.05, 0) is 67.4 Å². The number of hydrogen-bond donors (Lipinski definition) is 2. The number of rotatable bonds is 8. The third-order valence-corrected chi connectivity index (χ3v) is 9.39. The molecule has 3 aliphatic rings. The van der Waals surface area contributed by atoms with Gasteiger partial charge in [0.2, 0.25) is 0 Å². The van der Waals surface area contributed by atoms with Gasteiger partial charge in [0.15, 0.2) is 5.78 Å². The van der Waals surface area contributed by atoms with Crippen molar-refractivity contribution >= 4 is 34.5 Å². The van der Waals surface area contributed by atoms with E-state index in [4.69, 9.17) is 19.9 Å². The van der Waals surface area contributed by atoms with Crippen molar-refractivity contribution in [1.82, 2.24) is 14.8 Å². The predicted molar refractivity (Wildman–Crippen MR) is 174 cm³/mol. The topological polar surface area (TPSA) is 142 Å². The lowest BCUT2D eigenvalue weighted by atomic mass is 9.82. The number of Topliss-reactive ketones (excluding diaryl/α,β-unsaturated/α-hetero) is 1. The maximum Gasteiger partial charge on any atom is 0.337 e. The molecule has 3 aromatic carbocycles. The minimum absolute atomic E-state index is 0.0140. The van der Waals surface area contributed by atoms with Crippen LogP contribution < -0.4 is 20.5 Å². The van der Waals surface area contributed by atoms with Gasteiger partial charge in [-0.1, -0.05) is 18.2 Å². The molecule has 1 spiro atoms. The molecule has 242 valence electrons. The smallest absolute Gasteiger partial charge is 0.337 e. The van der Waals surface area contributed by atoms with Gasteiger partial charge in [-0.3, -0.25) is 19.7 Å². The molecule has 0 radical (unpaired) electrons. The van der Waals surface area contributed by atoms with Crippen LogP contribution in [0.25, 0.3) is 22.0 Å². The number of nitrogens with zero attached hydrogens (tertiary/aromatic N) is 2. The molecule has 0 unspecified atom stereocenters. The van der Waals surface area contributed by atoms with Crippen LogP contribution >= 0.6 is 0 Å². The lowest BCUT2D eigenvalue weighted by Gasteiger charge is -2.44. The van der Waals surface area contributed by atoms with E-state index in [1.54, 1.807) is 42.4 Å². The van der Waals surface area contributed by atoms with Gasteiger partial charge in [-0.25, -0.2) is 4.79 Å². The number of fused-ring (bicyclic) bond motifs is 2. The molecule has 3 heterocycles. The van der Waals surface area contributed by atoms with E-state index in [1.165, 1.54) is 7.11 Å². The number of piperidine rings is 1. The molecule has 2 aliphatic heterocycles. The molecule has 1 saturated heterocycles. The number of ether oxygens (including phenoxy) is 3. The maximum atomic E-state index is 13.9. The molecule has 2 amide bonds. The quantitative estimate of drug-likeness (QED) is 0.209. The Morgan fingerprint density at radius 3 is 2.49 bits per heavy atom. The van der Waals surface area contributed by atoms with Crippen molar-refractivity contribution in [1.29, 1.82) is 0 Å². The van der Waals surface area contributed by atoms with E-state index < -0.39 is 17.5 Å². The Balaban J connectivity index is 1.10. The van der Waals surface area contributed by atoms with Crippen LogP contribution in [-0.4, -0.2) is 72.6 Å². The summed E-state index contributed by atoms with van der Waals surface area (Å²) >= 11 is 0. The third kappa shape index (κ3) is 5.61. The molecule has 1 aromatic heterocycles. The van der Waals surface area contributed by atoms with E-state index in [0.29, 0.717) is 65.1 Å². The second kappa shape index (κ2) is 11.9. The summed E-state index contributed by atoms with van der Waals surface area (Å²) in [7, 11) is 3.09. The van der Waals surface area contributed by atoms with Crippen LogP contribution in [0.4, 0.5) is 0 Å². The summed E-state index contributed by atoms with van der Waals surface area (Å²) in [5, 5.41) is 3.56. The van der Waals surface area contributed by atoms with E-state index in [1.807, 2.05) is 34.9 Å². The second-order valence-electron chi connectivity index (χ2n) is 12.5. The number of benzene rings is 3. The first-order valence-corrected chi connectivity index (χ1v) is 15.8. The standard InChI is InChI=1S/C36H36N4O7/c1-38-20-46-31-17-24(16-28-32(31)27(33(37)42)19-40(28)25-7-8-25)34(43)39-12-10-36(11-13-39)18-29(41)26-15-22(6-9-30(26)47-36)21-4-3-5-23(14-21)35(44)45-2/h3-6,9,14-17,19,25,38H,7-8,10-13,18,20H2,1-2H3,(H2,37,42). The number of amides is 2. The van der Waals surface area contributed by atoms with Crippen molar-refractivity contribution in [3.8, 4) is 22.6 Å². The van der Waals surface area contributed by atoms with E-state index in [9.17, 15) is 19.2 Å². The SMILES string of the molecule is CNCOc1cc(C(=O)N2CCC3(CC2)CC(=O)c2cc(-c4cccc(C(=O)OC)c4)ccc2O3)cc2c1c(C(N)=O)cn2C1CC1. The van der Waals surface area contributed by atoms with E-state index in [-0.39, 0.29) is 30.9 Å². The Labute approximate surface area is 271 Å². The van der Waals surface area contributed by atoms with Gasteiger partial charge in [0.05, 0.1) is 41.1 Å². The van der Waals surface area contributed by atoms with E-state index >= 15 is 0 Å². The number of carbonyl (C=O) groups is 4. The van der Waals surface area contributed by atoms with Crippen molar-refractivity contribution in [3.05, 3.63) is 83.0 Å². The van der Waals surface area contributed by atoms with Crippen molar-refractivity contribution in [3.63, 3.8) is 0 Å². The van der Waals surface area contributed by atoms with Gasteiger partial charge in [-0.15, -0.1) is 0 Å². The zero-order valence-corrected chi connectivity index (χ0v) is 26.3. The summed E-state index contributed by atoms with van der Waals surface area (Å²) in [5.41, 5.74) is 9.16. The molecule has 0 bridgehead atoms. The fraction of sp³-hybridized carbons (Fsp3) is 0.333. The number of nitrogens with one attached hydrogen (secondary N) is 1. The van der Waals surface area contributed by atoms with Crippen LogP contribution in [0.5, 0.6) is 11.5 Å². The summed E-state index contributed by atoms with van der Waals surface area (Å²) in [6, 6.07) is 16.4. The Bertz CT molecular complexity index is 1930. The number of primary amides is 1. The van der Waals surface area contributed by atoms with Gasteiger partial charge in [0.25, 0.3) is 11.8 Å². The molecule has 11 heteroatoms. The average molecular weight is 637 g/mol. The van der Waals surface area contributed by atoms with Crippen LogP contribution in [0.2, 0.25) is 0 Å². The minimum Gasteiger partial charge on any atom is -0.486 e. The molecule has 11 nitrogen and oxygen atoms in total. The first-order chi connectivity index (χ1) is 22.7. The highest BCUT2D eigenvalue weighted by atomic mass is 16.5. The molecule has 1 aliphatic carbocycles. The molecule has 47 heavy (non-hydrogen) atoms. The van der Waals surface area contributed by atoms with Crippen molar-refractivity contribution in [2.24, 2.45) is 5.73 Å². The largest absolute Gasteiger partial charge is 0.486 e. The first-order valence-electron chi connectivity index (χ1n) is 15.8. The van der Waals surface area contributed by atoms with Crippen LogP contribution in [0.1, 0.15) is 79.6 Å². The maximum absolute atomic E-state index is 13.9. The number of ketones is 1. The average Bonchev–Trinajstić information content (AvgIpc) is 3.85. The van der Waals surface area contributed by atoms with Crippen LogP contribution in [-0.2, 0) is 4.74 Å². The normalized spacial score (nSPS) is 16.9. The predicted octanol–water partition coefficient (Wildman–Crippen LogP) is 4.72. The number of nitrogens with two attached hydrogens (primary N) is 1. The lowest BCUT2D eigenvalue weighted by molar-refractivity contribution is -0.00572. The highest BCUT2D eigenvalue weighted by molar-refractivity contribution is 6.11. The van der Waals surface area contributed by atoms with Crippen LogP contribution in [0.15, 0.2) is 60.8 Å². The molecule has 3 N–H and O–H groups in total. The Morgan fingerprint density at radius 2 is 1.79 bits per heavy atom. The number of esters is 1. The molecule has 1 saturated carbocycles. The number of aromatic nitrogens is 1. The summed E-state index contributed by atoms with van der Waals surface area (Å²) < 4.78 is 19.4. The van der Waals surface area contributed by atoms with Crippen LogP contribution in [0.3, 0.4) is 0 Å². The van der Waals surface area contributed by atoms with Crippen LogP contribution in [0, 0.1) is 0 Å². The number of hydrogen-bond acceptors (Lipinski definition) is 8. The van der Waals surface area contributed by atoms with E-state index in [0.717, 1.165) is 29.5 Å². The second-order valence-corrected chi connectivity index (χ2v) is 12.5. The Hall–Kier alpha value is -5.16. The van der Waals surface area contributed by atoms with Gasteiger partial charge in [-0.2, -0.15) is 0 Å². The summed E-state index contributed by atoms with van der Waals surface area (Å²) in [6.07, 6.45) is 4.98. The van der Waals surface area contributed by atoms with Gasteiger partial charge in [0.1, 0.15) is 23.8 Å². The number of methoxy groups -OCH3 is 1. The number of carbonyl (C=O) groups excluding carboxylic acids is 4. The number of likely N-dealkylation sites (tertiary alicyclic amines) is 1. The van der Waals surface area contributed by atoms with Gasteiger partial charge in [0, 0.05) is 43.7 Å². The highest BCUT2D eigenvalue weighted by Crippen LogP contribution is 2.43. The van der Waals surface area contributed by atoms with Crippen molar-refractivity contribution in [2.75, 3.05) is 34.0 Å². The van der Waals surface area contributed by atoms with E-state index in [2.05, 4.69) is 5.32 Å².